The summed E-state index contributed by atoms with van der Waals surface area (Å²) in [6, 6.07) is 2.44. The van der Waals surface area contributed by atoms with E-state index in [1.807, 2.05) is 0 Å². The molecule has 0 amide bonds. The van der Waals surface area contributed by atoms with Gasteiger partial charge in [0.25, 0.3) is 0 Å². The van der Waals surface area contributed by atoms with Crippen molar-refractivity contribution >= 4 is 11.4 Å². The molecular weight excluding hydrogens is 250 g/mol. The van der Waals surface area contributed by atoms with Crippen LogP contribution >= 0.6 is 0 Å². The van der Waals surface area contributed by atoms with Crippen LogP contribution < -0.4 is 11.5 Å². The average molecular weight is 258 g/mol. The van der Waals surface area contributed by atoms with Gasteiger partial charge in [-0.1, -0.05) is 6.07 Å². The maximum Gasteiger partial charge on any atom is 0.404 e. The number of anilines is 2. The monoisotopic (exact) mass is 258 g/mol. The van der Waals surface area contributed by atoms with Crippen LogP contribution in [0.15, 0.2) is 18.2 Å². The highest BCUT2D eigenvalue weighted by molar-refractivity contribution is 5.58. The third-order valence-electron chi connectivity index (χ3n) is 2.08. The molecule has 4 N–H and O–H groups in total. The Balaban J connectivity index is 3.34. The topological polar surface area (TPSA) is 52.0 Å². The molecule has 8 heteroatoms. The van der Waals surface area contributed by atoms with E-state index in [4.69, 9.17) is 11.5 Å². The number of hydrogen-bond donors (Lipinski definition) is 2. The summed E-state index contributed by atoms with van der Waals surface area (Å²) in [5.74, 6) is -3.60. The molecule has 1 aromatic carbocycles. The Bertz CT molecular complexity index is 395. The van der Waals surface area contributed by atoms with Gasteiger partial charge >= 0.3 is 12.4 Å². The van der Waals surface area contributed by atoms with E-state index in [2.05, 4.69) is 0 Å². The molecule has 2 nitrogen and oxygen atoms in total. The van der Waals surface area contributed by atoms with Crippen molar-refractivity contribution in [1.82, 2.24) is 0 Å². The Labute approximate surface area is 92.2 Å². The van der Waals surface area contributed by atoms with Crippen LogP contribution in [0, 0.1) is 0 Å². The van der Waals surface area contributed by atoms with Gasteiger partial charge in [-0.3, -0.25) is 0 Å². The first-order valence-corrected chi connectivity index (χ1v) is 4.32. The van der Waals surface area contributed by atoms with Crippen molar-refractivity contribution in [2.75, 3.05) is 11.5 Å². The number of benzene rings is 1. The van der Waals surface area contributed by atoms with Crippen LogP contribution in [0.25, 0.3) is 0 Å². The molecule has 0 saturated carbocycles. The molecule has 0 fully saturated rings. The highest BCUT2D eigenvalue weighted by Crippen LogP contribution is 2.48. The Morgan fingerprint density at radius 2 is 1.35 bits per heavy atom. The number of hydrogen-bond acceptors (Lipinski definition) is 2. The molecule has 0 bridgehead atoms. The van der Waals surface area contributed by atoms with E-state index in [1.54, 1.807) is 0 Å². The Morgan fingerprint density at radius 1 is 0.882 bits per heavy atom. The van der Waals surface area contributed by atoms with Crippen molar-refractivity contribution in [1.29, 1.82) is 0 Å². The molecule has 0 heterocycles. The zero-order valence-electron chi connectivity index (χ0n) is 8.23. The minimum atomic E-state index is -5.46. The molecule has 0 spiro atoms. The molecule has 0 aromatic heterocycles. The summed E-state index contributed by atoms with van der Waals surface area (Å²) in [4.78, 5) is 0. The molecule has 17 heavy (non-hydrogen) atoms. The number of nitrogens with two attached hydrogens (primary N) is 2. The van der Waals surface area contributed by atoms with Gasteiger partial charge in [0.2, 0.25) is 0 Å². The lowest BCUT2D eigenvalue weighted by Crippen LogP contribution is -2.34. The van der Waals surface area contributed by atoms with Crippen LogP contribution in [-0.4, -0.2) is 12.4 Å². The second-order valence-electron chi connectivity index (χ2n) is 3.40. The van der Waals surface area contributed by atoms with E-state index in [-0.39, 0.29) is 5.69 Å². The predicted molar refractivity (Wildman–Crippen MR) is 50.1 cm³/mol. The van der Waals surface area contributed by atoms with Crippen LogP contribution in [-0.2, 0) is 0 Å². The van der Waals surface area contributed by atoms with Gasteiger partial charge in [-0.05, 0) is 17.7 Å². The van der Waals surface area contributed by atoms with Gasteiger partial charge in [-0.25, -0.2) is 0 Å². The highest BCUT2D eigenvalue weighted by atomic mass is 19.4. The summed E-state index contributed by atoms with van der Waals surface area (Å²) in [7, 11) is 0. The SMILES string of the molecule is Nc1ccc(C(C(F)(F)F)C(F)(F)F)c(N)c1. The van der Waals surface area contributed by atoms with E-state index >= 15 is 0 Å². The van der Waals surface area contributed by atoms with Crippen molar-refractivity contribution < 1.29 is 26.3 Å². The predicted octanol–water partition coefficient (Wildman–Crippen LogP) is 3.06. The van der Waals surface area contributed by atoms with Gasteiger partial charge in [0.15, 0.2) is 5.92 Å². The largest absolute Gasteiger partial charge is 0.404 e. The lowest BCUT2D eigenvalue weighted by molar-refractivity contribution is -0.253. The number of rotatable bonds is 1. The molecule has 0 aliphatic carbocycles. The number of nitrogen functional groups attached to an aromatic ring is 2. The summed E-state index contributed by atoms with van der Waals surface area (Å²) in [6.07, 6.45) is -10.9. The van der Waals surface area contributed by atoms with Crippen molar-refractivity contribution in [2.24, 2.45) is 0 Å². The second kappa shape index (κ2) is 4.01. The Hall–Kier alpha value is -1.60. The zero-order chi connectivity index (χ0) is 13.4. The maximum atomic E-state index is 12.4. The van der Waals surface area contributed by atoms with Crippen LogP contribution in [0.1, 0.15) is 11.5 Å². The quantitative estimate of drug-likeness (QED) is 0.600. The van der Waals surface area contributed by atoms with Crippen molar-refractivity contribution in [2.45, 2.75) is 18.3 Å². The van der Waals surface area contributed by atoms with Gasteiger partial charge < -0.3 is 11.5 Å². The maximum absolute atomic E-state index is 12.4. The summed E-state index contributed by atoms with van der Waals surface area (Å²) in [5.41, 5.74) is 8.66. The summed E-state index contributed by atoms with van der Waals surface area (Å²) >= 11 is 0. The van der Waals surface area contributed by atoms with E-state index in [0.717, 1.165) is 12.1 Å². The van der Waals surface area contributed by atoms with Crippen molar-refractivity contribution in [3.8, 4) is 0 Å². The number of halogens is 6. The minimum Gasteiger partial charge on any atom is -0.399 e. The minimum absolute atomic E-state index is 0.00523. The average Bonchev–Trinajstić information content (AvgIpc) is 2.04. The smallest absolute Gasteiger partial charge is 0.399 e. The third-order valence-corrected chi connectivity index (χ3v) is 2.08. The third kappa shape index (κ3) is 2.95. The van der Waals surface area contributed by atoms with E-state index in [0.29, 0.717) is 6.07 Å². The lowest BCUT2D eigenvalue weighted by atomic mass is 9.96. The fourth-order valence-corrected chi connectivity index (χ4v) is 1.39. The van der Waals surface area contributed by atoms with Crippen molar-refractivity contribution in [3.05, 3.63) is 23.8 Å². The van der Waals surface area contributed by atoms with Gasteiger partial charge in [0.05, 0.1) is 0 Å². The summed E-state index contributed by atoms with van der Waals surface area (Å²) < 4.78 is 74.3. The van der Waals surface area contributed by atoms with Crippen LogP contribution in [0.5, 0.6) is 0 Å². The lowest BCUT2D eigenvalue weighted by Gasteiger charge is -2.24. The molecule has 96 valence electrons. The van der Waals surface area contributed by atoms with Gasteiger partial charge in [0.1, 0.15) is 0 Å². The zero-order valence-corrected chi connectivity index (χ0v) is 8.23. The molecule has 1 rings (SSSR count). The Morgan fingerprint density at radius 3 is 1.71 bits per heavy atom. The molecule has 0 unspecified atom stereocenters. The summed E-state index contributed by atoms with van der Waals surface area (Å²) in [5, 5.41) is 0. The fourth-order valence-electron chi connectivity index (χ4n) is 1.39. The normalized spacial score (nSPS) is 13.1. The first-order valence-electron chi connectivity index (χ1n) is 4.32. The number of alkyl halides is 6. The highest BCUT2D eigenvalue weighted by Gasteiger charge is 2.58. The van der Waals surface area contributed by atoms with E-state index in [9.17, 15) is 26.3 Å². The van der Waals surface area contributed by atoms with E-state index in [1.165, 1.54) is 0 Å². The van der Waals surface area contributed by atoms with Crippen LogP contribution in [0.3, 0.4) is 0 Å². The second-order valence-corrected chi connectivity index (χ2v) is 3.40. The fraction of sp³-hybridized carbons (Fsp3) is 0.333. The standard InChI is InChI=1S/C9H8F6N2/c10-8(11,12)7(9(13,14)15)5-2-1-4(16)3-6(5)17/h1-3,7H,16-17H2. The van der Waals surface area contributed by atoms with Gasteiger partial charge in [-0.15, -0.1) is 0 Å². The first-order chi connectivity index (χ1) is 7.53. The summed E-state index contributed by atoms with van der Waals surface area (Å²) in [6.45, 7) is 0. The van der Waals surface area contributed by atoms with Crippen molar-refractivity contribution in [3.63, 3.8) is 0 Å². The van der Waals surface area contributed by atoms with Crippen LogP contribution in [0.2, 0.25) is 0 Å². The molecule has 0 saturated heterocycles. The molecule has 0 atom stereocenters. The molecule has 0 radical (unpaired) electrons. The van der Waals surface area contributed by atoms with Gasteiger partial charge in [0, 0.05) is 11.4 Å². The van der Waals surface area contributed by atoms with E-state index < -0.39 is 29.5 Å². The molecular formula is C9H8F6N2. The molecule has 0 aliphatic rings. The molecule has 1 aromatic rings. The first kappa shape index (κ1) is 13.5. The van der Waals surface area contributed by atoms with Crippen LogP contribution in [0.4, 0.5) is 37.7 Å². The van der Waals surface area contributed by atoms with Gasteiger partial charge in [-0.2, -0.15) is 26.3 Å². The molecule has 0 aliphatic heterocycles. The Kier molecular flexibility index (Phi) is 3.17.